The number of halogens is 3. The summed E-state index contributed by atoms with van der Waals surface area (Å²) in [5.74, 6) is 2.86. The quantitative estimate of drug-likeness (QED) is 0.551. The summed E-state index contributed by atoms with van der Waals surface area (Å²) >= 11 is 0. The number of allylic oxidation sites excluding steroid dienone is 2. The minimum Gasteiger partial charge on any atom is -0.244 e. The van der Waals surface area contributed by atoms with E-state index in [1.165, 1.54) is 44.6 Å². The normalized spacial score (nSPS) is 47.1. The zero-order valence-electron chi connectivity index (χ0n) is 13.6. The van der Waals surface area contributed by atoms with Gasteiger partial charge in [-0.15, -0.1) is 0 Å². The van der Waals surface area contributed by atoms with Crippen molar-refractivity contribution in [3.8, 4) is 0 Å². The maximum absolute atomic E-state index is 13.6. The standard InChI is InChI=1S/C19H29F3/c1-12-2-4-13(5-3-12)14-6-8-15(9-7-14)16-10-17(20)19(22)18(21)11-16/h10,12-15,17-19H,2-9,11H2,1H3. The van der Waals surface area contributed by atoms with Crippen LogP contribution in [0, 0.1) is 23.7 Å². The van der Waals surface area contributed by atoms with Gasteiger partial charge in [-0.05, 0) is 68.3 Å². The van der Waals surface area contributed by atoms with Crippen LogP contribution in [0.3, 0.4) is 0 Å². The van der Waals surface area contributed by atoms with Gasteiger partial charge < -0.3 is 0 Å². The second-order valence-corrected chi connectivity index (χ2v) is 7.98. The summed E-state index contributed by atoms with van der Waals surface area (Å²) in [6.07, 6.45) is 6.06. The molecule has 3 rings (SSSR count). The van der Waals surface area contributed by atoms with Gasteiger partial charge in [0, 0.05) is 6.42 Å². The molecule has 126 valence electrons. The molecule has 0 aromatic carbocycles. The molecule has 3 atom stereocenters. The van der Waals surface area contributed by atoms with E-state index in [2.05, 4.69) is 6.92 Å². The third kappa shape index (κ3) is 3.54. The van der Waals surface area contributed by atoms with Crippen molar-refractivity contribution in [3.05, 3.63) is 11.6 Å². The van der Waals surface area contributed by atoms with Crippen LogP contribution in [0.5, 0.6) is 0 Å². The van der Waals surface area contributed by atoms with Crippen LogP contribution in [0.25, 0.3) is 0 Å². The summed E-state index contributed by atoms with van der Waals surface area (Å²) in [6.45, 7) is 2.35. The summed E-state index contributed by atoms with van der Waals surface area (Å²) in [7, 11) is 0. The molecule has 3 aliphatic carbocycles. The first-order valence-corrected chi connectivity index (χ1v) is 9.17. The van der Waals surface area contributed by atoms with E-state index in [1.807, 2.05) is 0 Å². The number of alkyl halides is 3. The Morgan fingerprint density at radius 2 is 1.36 bits per heavy atom. The number of rotatable bonds is 2. The fourth-order valence-corrected chi connectivity index (χ4v) is 4.92. The molecular formula is C19H29F3. The topological polar surface area (TPSA) is 0 Å². The lowest BCUT2D eigenvalue weighted by Crippen LogP contribution is -2.34. The van der Waals surface area contributed by atoms with Crippen LogP contribution in [0.4, 0.5) is 13.2 Å². The Morgan fingerprint density at radius 1 is 0.818 bits per heavy atom. The maximum Gasteiger partial charge on any atom is 0.166 e. The minimum atomic E-state index is -1.95. The summed E-state index contributed by atoms with van der Waals surface area (Å²) in [4.78, 5) is 0. The molecule has 0 aromatic rings. The van der Waals surface area contributed by atoms with Crippen molar-refractivity contribution in [2.24, 2.45) is 23.7 Å². The van der Waals surface area contributed by atoms with Crippen molar-refractivity contribution in [2.75, 3.05) is 0 Å². The van der Waals surface area contributed by atoms with Crippen LogP contribution in [0.15, 0.2) is 11.6 Å². The third-order valence-electron chi connectivity index (χ3n) is 6.48. The Bertz CT molecular complexity index is 389. The first kappa shape index (κ1) is 16.4. The van der Waals surface area contributed by atoms with E-state index in [0.29, 0.717) is 5.92 Å². The molecule has 0 aliphatic heterocycles. The zero-order chi connectivity index (χ0) is 15.7. The summed E-state index contributed by atoms with van der Waals surface area (Å²) in [5, 5.41) is 0. The summed E-state index contributed by atoms with van der Waals surface area (Å²) < 4.78 is 40.4. The van der Waals surface area contributed by atoms with E-state index < -0.39 is 18.5 Å². The highest BCUT2D eigenvalue weighted by molar-refractivity contribution is 5.18. The Hall–Kier alpha value is -0.470. The average molecular weight is 314 g/mol. The van der Waals surface area contributed by atoms with E-state index in [9.17, 15) is 13.2 Å². The molecule has 0 radical (unpaired) electrons. The summed E-state index contributed by atoms with van der Waals surface area (Å²) in [6, 6.07) is 0. The van der Waals surface area contributed by atoms with Gasteiger partial charge in [0.25, 0.3) is 0 Å². The molecular weight excluding hydrogens is 285 g/mol. The van der Waals surface area contributed by atoms with Gasteiger partial charge in [-0.3, -0.25) is 0 Å². The third-order valence-corrected chi connectivity index (χ3v) is 6.48. The van der Waals surface area contributed by atoms with Gasteiger partial charge in [-0.2, -0.15) is 0 Å². The molecule has 3 unspecified atom stereocenters. The highest BCUT2D eigenvalue weighted by Gasteiger charge is 2.37. The van der Waals surface area contributed by atoms with E-state index >= 15 is 0 Å². The number of hydrogen-bond donors (Lipinski definition) is 0. The minimum absolute atomic E-state index is 0.109. The molecule has 2 saturated carbocycles. The lowest BCUT2D eigenvalue weighted by atomic mass is 9.67. The van der Waals surface area contributed by atoms with Crippen LogP contribution in [-0.2, 0) is 0 Å². The van der Waals surface area contributed by atoms with E-state index in [4.69, 9.17) is 0 Å². The molecule has 0 bridgehead atoms. The van der Waals surface area contributed by atoms with Crippen molar-refractivity contribution in [3.63, 3.8) is 0 Å². The van der Waals surface area contributed by atoms with Crippen molar-refractivity contribution < 1.29 is 13.2 Å². The van der Waals surface area contributed by atoms with Gasteiger partial charge in [0.05, 0.1) is 0 Å². The van der Waals surface area contributed by atoms with Crippen LogP contribution < -0.4 is 0 Å². The highest BCUT2D eigenvalue weighted by Crippen LogP contribution is 2.44. The van der Waals surface area contributed by atoms with Crippen LogP contribution in [-0.4, -0.2) is 18.5 Å². The van der Waals surface area contributed by atoms with Crippen LogP contribution >= 0.6 is 0 Å². The Morgan fingerprint density at radius 3 is 1.91 bits per heavy atom. The van der Waals surface area contributed by atoms with Gasteiger partial charge in [-0.1, -0.05) is 25.3 Å². The smallest absolute Gasteiger partial charge is 0.166 e. The molecule has 3 heteroatoms. The van der Waals surface area contributed by atoms with Gasteiger partial charge in [0.15, 0.2) is 12.3 Å². The maximum atomic E-state index is 13.6. The molecule has 0 amide bonds. The fourth-order valence-electron chi connectivity index (χ4n) is 4.92. The van der Waals surface area contributed by atoms with Crippen molar-refractivity contribution in [1.82, 2.24) is 0 Å². The molecule has 0 aromatic heterocycles. The van der Waals surface area contributed by atoms with E-state index in [1.54, 1.807) is 0 Å². The zero-order valence-corrected chi connectivity index (χ0v) is 13.6. The van der Waals surface area contributed by atoms with Crippen LogP contribution in [0.1, 0.15) is 64.7 Å². The van der Waals surface area contributed by atoms with Crippen LogP contribution in [0.2, 0.25) is 0 Å². The lowest BCUT2D eigenvalue weighted by Gasteiger charge is -2.38. The first-order chi connectivity index (χ1) is 10.5. The molecule has 22 heavy (non-hydrogen) atoms. The SMILES string of the molecule is CC1CCC(C2CCC(C3=CC(F)C(F)C(F)C3)CC2)CC1. The highest BCUT2D eigenvalue weighted by atomic mass is 19.2. The molecule has 0 heterocycles. The van der Waals surface area contributed by atoms with E-state index in [-0.39, 0.29) is 6.42 Å². The van der Waals surface area contributed by atoms with Gasteiger partial charge in [-0.25, -0.2) is 13.2 Å². The monoisotopic (exact) mass is 314 g/mol. The molecule has 0 spiro atoms. The molecule has 2 fully saturated rings. The van der Waals surface area contributed by atoms with Crippen molar-refractivity contribution in [2.45, 2.75) is 83.2 Å². The summed E-state index contributed by atoms with van der Waals surface area (Å²) in [5.41, 5.74) is 0.851. The number of hydrogen-bond acceptors (Lipinski definition) is 0. The van der Waals surface area contributed by atoms with Gasteiger partial charge >= 0.3 is 0 Å². The van der Waals surface area contributed by atoms with Gasteiger partial charge in [0.2, 0.25) is 0 Å². The predicted octanol–water partition coefficient (Wildman–Crippen LogP) is 5.96. The Labute approximate surface area is 132 Å². The second-order valence-electron chi connectivity index (χ2n) is 7.98. The lowest BCUT2D eigenvalue weighted by molar-refractivity contribution is 0.0880. The largest absolute Gasteiger partial charge is 0.244 e. The molecule has 0 N–H and O–H groups in total. The second kappa shape index (κ2) is 6.97. The Kier molecular flexibility index (Phi) is 5.19. The predicted molar refractivity (Wildman–Crippen MR) is 84.0 cm³/mol. The molecule has 0 saturated heterocycles. The first-order valence-electron chi connectivity index (χ1n) is 9.17. The average Bonchev–Trinajstić information content (AvgIpc) is 2.53. The molecule has 0 nitrogen and oxygen atoms in total. The van der Waals surface area contributed by atoms with Gasteiger partial charge in [0.1, 0.15) is 6.17 Å². The fraction of sp³-hybridized carbons (Fsp3) is 0.895. The Balaban J connectivity index is 1.52. The van der Waals surface area contributed by atoms with Crippen molar-refractivity contribution in [1.29, 1.82) is 0 Å². The van der Waals surface area contributed by atoms with E-state index in [0.717, 1.165) is 36.2 Å². The molecule has 3 aliphatic rings. The van der Waals surface area contributed by atoms with Crippen molar-refractivity contribution >= 4 is 0 Å².